The number of nitrogens with zero attached hydrogens (tertiary/aromatic N) is 3. The van der Waals surface area contributed by atoms with Crippen molar-refractivity contribution in [1.82, 2.24) is 14.6 Å². The highest BCUT2D eigenvalue weighted by Crippen LogP contribution is 2.20. The second kappa shape index (κ2) is 3.66. The largest absolute Gasteiger partial charge is 0.240 e. The number of pyridine rings is 2. The van der Waals surface area contributed by atoms with Gasteiger partial charge in [-0.15, -0.1) is 0 Å². The van der Waals surface area contributed by atoms with Crippen LogP contribution in [0.3, 0.4) is 0 Å². The van der Waals surface area contributed by atoms with Crippen LogP contribution in [0.1, 0.15) is 5.56 Å². The Balaban J connectivity index is 2.14. The molecule has 0 amide bonds. The van der Waals surface area contributed by atoms with Crippen molar-refractivity contribution in [3.63, 3.8) is 0 Å². The Bertz CT molecular complexity index is 671. The number of fused-ring (bicyclic) bond motifs is 1. The van der Waals surface area contributed by atoms with Crippen molar-refractivity contribution in [2.45, 2.75) is 6.92 Å². The summed E-state index contributed by atoms with van der Waals surface area (Å²) in [6, 6.07) is 7.05. The summed E-state index contributed by atoms with van der Waals surface area (Å²) in [5, 5.41) is 4.24. The van der Waals surface area contributed by atoms with E-state index in [0.717, 1.165) is 22.2 Å². The number of rotatable bonds is 1. The van der Waals surface area contributed by atoms with Gasteiger partial charge in [-0.1, -0.05) is 6.07 Å². The van der Waals surface area contributed by atoms with E-state index in [1.807, 2.05) is 36.0 Å². The maximum absolute atomic E-state index is 12.7. The van der Waals surface area contributed by atoms with Crippen LogP contribution in [-0.4, -0.2) is 14.6 Å². The van der Waals surface area contributed by atoms with Crippen LogP contribution in [0.2, 0.25) is 0 Å². The Morgan fingerprint density at radius 1 is 1.06 bits per heavy atom. The quantitative estimate of drug-likeness (QED) is 0.598. The minimum absolute atomic E-state index is 0.468. The predicted molar refractivity (Wildman–Crippen MR) is 63.1 cm³/mol. The van der Waals surface area contributed by atoms with Crippen molar-refractivity contribution in [3.8, 4) is 11.1 Å². The lowest BCUT2D eigenvalue weighted by Gasteiger charge is -2.02. The monoisotopic (exact) mass is 227 g/mol. The second-order valence-electron chi connectivity index (χ2n) is 3.94. The molecule has 0 aromatic carbocycles. The van der Waals surface area contributed by atoms with Crippen LogP contribution in [0.15, 0.2) is 42.9 Å². The van der Waals surface area contributed by atoms with Gasteiger partial charge in [0.05, 0.1) is 11.7 Å². The number of hydrogen-bond acceptors (Lipinski definition) is 2. The molecule has 0 unspecified atom stereocenters. The standard InChI is InChI=1S/C13H10FN3/c1-9-6-16-17-8-11(2-4-12(9)17)10-3-5-13(14)15-7-10/h2-8H,1H3. The van der Waals surface area contributed by atoms with Crippen LogP contribution in [0.4, 0.5) is 4.39 Å². The van der Waals surface area contributed by atoms with Crippen molar-refractivity contribution >= 4 is 5.52 Å². The molecule has 3 nitrogen and oxygen atoms in total. The Labute approximate surface area is 97.5 Å². The first-order valence-electron chi connectivity index (χ1n) is 5.30. The molecule has 0 N–H and O–H groups in total. The Morgan fingerprint density at radius 3 is 2.65 bits per heavy atom. The Morgan fingerprint density at radius 2 is 1.88 bits per heavy atom. The number of hydrogen-bond donors (Lipinski definition) is 0. The molecule has 4 heteroatoms. The highest BCUT2D eigenvalue weighted by Gasteiger charge is 2.03. The summed E-state index contributed by atoms with van der Waals surface area (Å²) in [7, 11) is 0. The fourth-order valence-electron chi connectivity index (χ4n) is 1.83. The molecule has 3 heterocycles. The molecule has 17 heavy (non-hydrogen) atoms. The van der Waals surface area contributed by atoms with Crippen LogP contribution < -0.4 is 0 Å². The van der Waals surface area contributed by atoms with Gasteiger partial charge in [0.2, 0.25) is 5.95 Å². The highest BCUT2D eigenvalue weighted by molar-refractivity contribution is 5.65. The first-order valence-corrected chi connectivity index (χ1v) is 5.30. The van der Waals surface area contributed by atoms with Crippen LogP contribution in [0.25, 0.3) is 16.6 Å². The van der Waals surface area contributed by atoms with Gasteiger partial charge < -0.3 is 0 Å². The third-order valence-electron chi connectivity index (χ3n) is 2.77. The molecule has 0 spiro atoms. The molecule has 0 saturated carbocycles. The van der Waals surface area contributed by atoms with Gasteiger partial charge in [0, 0.05) is 23.5 Å². The molecule has 3 aromatic heterocycles. The van der Waals surface area contributed by atoms with Gasteiger partial charge in [0.25, 0.3) is 0 Å². The van der Waals surface area contributed by atoms with Crippen LogP contribution in [-0.2, 0) is 0 Å². The van der Waals surface area contributed by atoms with E-state index >= 15 is 0 Å². The normalized spacial score (nSPS) is 10.9. The summed E-state index contributed by atoms with van der Waals surface area (Å²) in [5.41, 5.74) is 4.05. The zero-order valence-electron chi connectivity index (χ0n) is 9.26. The minimum atomic E-state index is -0.468. The van der Waals surface area contributed by atoms with E-state index in [0.29, 0.717) is 0 Å². The molecule has 0 aliphatic carbocycles. The molecule has 0 fully saturated rings. The summed E-state index contributed by atoms with van der Waals surface area (Å²) >= 11 is 0. The van der Waals surface area contributed by atoms with Crippen molar-refractivity contribution in [3.05, 3.63) is 54.4 Å². The second-order valence-corrected chi connectivity index (χ2v) is 3.94. The summed E-state index contributed by atoms with van der Waals surface area (Å²) < 4.78 is 14.5. The third-order valence-corrected chi connectivity index (χ3v) is 2.77. The zero-order chi connectivity index (χ0) is 11.8. The van der Waals surface area contributed by atoms with E-state index in [9.17, 15) is 4.39 Å². The van der Waals surface area contributed by atoms with Gasteiger partial charge in [0.15, 0.2) is 0 Å². The summed E-state index contributed by atoms with van der Waals surface area (Å²) in [6.07, 6.45) is 5.26. The maximum Gasteiger partial charge on any atom is 0.212 e. The average molecular weight is 227 g/mol. The Kier molecular flexibility index (Phi) is 2.14. The summed E-state index contributed by atoms with van der Waals surface area (Å²) in [6.45, 7) is 2.02. The number of aryl methyl sites for hydroxylation is 1. The molecule has 84 valence electrons. The van der Waals surface area contributed by atoms with Crippen LogP contribution in [0.5, 0.6) is 0 Å². The van der Waals surface area contributed by atoms with E-state index in [4.69, 9.17) is 0 Å². The van der Waals surface area contributed by atoms with Gasteiger partial charge in [-0.2, -0.15) is 9.49 Å². The molecule has 0 atom stereocenters. The van der Waals surface area contributed by atoms with E-state index in [1.165, 1.54) is 12.3 Å². The predicted octanol–water partition coefficient (Wildman–Crippen LogP) is 2.84. The molecule has 3 rings (SSSR count). The van der Waals surface area contributed by atoms with Crippen molar-refractivity contribution < 1.29 is 4.39 Å². The van der Waals surface area contributed by atoms with Gasteiger partial charge in [-0.3, -0.25) is 0 Å². The molecular formula is C13H10FN3. The van der Waals surface area contributed by atoms with E-state index in [2.05, 4.69) is 10.1 Å². The lowest BCUT2D eigenvalue weighted by molar-refractivity contribution is 0.584. The minimum Gasteiger partial charge on any atom is -0.240 e. The fourth-order valence-corrected chi connectivity index (χ4v) is 1.83. The lowest BCUT2D eigenvalue weighted by atomic mass is 10.1. The Hall–Kier alpha value is -2.23. The third kappa shape index (κ3) is 1.67. The van der Waals surface area contributed by atoms with Gasteiger partial charge in [-0.25, -0.2) is 9.50 Å². The molecular weight excluding hydrogens is 217 g/mol. The van der Waals surface area contributed by atoms with E-state index in [1.54, 1.807) is 6.07 Å². The van der Waals surface area contributed by atoms with Crippen LogP contribution >= 0.6 is 0 Å². The molecule has 0 saturated heterocycles. The molecule has 0 aliphatic rings. The van der Waals surface area contributed by atoms with Crippen LogP contribution in [0, 0.1) is 12.9 Å². The average Bonchev–Trinajstić information content (AvgIpc) is 2.72. The highest BCUT2D eigenvalue weighted by atomic mass is 19.1. The van der Waals surface area contributed by atoms with Gasteiger partial charge >= 0.3 is 0 Å². The number of aromatic nitrogens is 3. The molecule has 0 radical (unpaired) electrons. The molecule has 0 bridgehead atoms. The lowest BCUT2D eigenvalue weighted by Crippen LogP contribution is -1.89. The SMILES string of the molecule is Cc1cnn2cc(-c3ccc(F)nc3)ccc12. The van der Waals surface area contributed by atoms with Gasteiger partial charge in [0.1, 0.15) is 0 Å². The molecule has 3 aromatic rings. The van der Waals surface area contributed by atoms with Crippen molar-refractivity contribution in [1.29, 1.82) is 0 Å². The topological polar surface area (TPSA) is 30.2 Å². The van der Waals surface area contributed by atoms with Crippen molar-refractivity contribution in [2.75, 3.05) is 0 Å². The first-order chi connectivity index (χ1) is 8.24. The summed E-state index contributed by atoms with van der Waals surface area (Å²) in [5.74, 6) is -0.468. The molecule has 0 aliphatic heterocycles. The van der Waals surface area contributed by atoms with Crippen molar-refractivity contribution in [2.24, 2.45) is 0 Å². The first kappa shape index (κ1) is 9.96. The van der Waals surface area contributed by atoms with Gasteiger partial charge in [-0.05, 0) is 30.7 Å². The number of halogens is 1. The fraction of sp³-hybridized carbons (Fsp3) is 0.0769. The van der Waals surface area contributed by atoms with E-state index in [-0.39, 0.29) is 0 Å². The zero-order valence-corrected chi connectivity index (χ0v) is 9.26. The smallest absolute Gasteiger partial charge is 0.212 e. The maximum atomic E-state index is 12.7. The summed E-state index contributed by atoms with van der Waals surface area (Å²) in [4.78, 5) is 3.64. The van der Waals surface area contributed by atoms with E-state index < -0.39 is 5.95 Å².